The normalized spacial score (nSPS) is 25.9. The Bertz CT molecular complexity index is 422. The molecular weight excluding hydrogens is 298 g/mol. The summed E-state index contributed by atoms with van der Waals surface area (Å²) in [6.07, 6.45) is 6.88. The van der Waals surface area contributed by atoms with Crippen LogP contribution in [-0.4, -0.2) is 65.5 Å². The van der Waals surface area contributed by atoms with Gasteiger partial charge in [0.05, 0.1) is 5.88 Å². The number of likely N-dealkylation sites (N-methyl/N-ethyl adjacent to an activating group) is 1. The highest BCUT2D eigenvalue weighted by molar-refractivity contribution is 7.99. The first-order chi connectivity index (χ1) is 10.7. The van der Waals surface area contributed by atoms with Gasteiger partial charge in [-0.15, -0.1) is 11.8 Å². The summed E-state index contributed by atoms with van der Waals surface area (Å²) in [6.45, 7) is 1.57. The molecule has 2 aliphatic carbocycles. The predicted molar refractivity (Wildman–Crippen MR) is 88.6 cm³/mol. The molecule has 0 aromatic carbocycles. The summed E-state index contributed by atoms with van der Waals surface area (Å²) < 4.78 is 0. The molecule has 1 saturated heterocycles. The molecular formula is C16H27N3O2S. The molecule has 0 radical (unpaired) electrons. The quantitative estimate of drug-likeness (QED) is 0.799. The number of nitrogens with one attached hydrogen (secondary N) is 1. The van der Waals surface area contributed by atoms with Gasteiger partial charge in [-0.1, -0.05) is 12.8 Å². The molecule has 0 aromatic rings. The van der Waals surface area contributed by atoms with Crippen molar-refractivity contribution in [2.24, 2.45) is 5.92 Å². The SMILES string of the molecule is CN(CCNC(=O)C1CSCN1C(=O)C1CCCC1)C1CC1. The third kappa shape index (κ3) is 3.77. The molecule has 22 heavy (non-hydrogen) atoms. The van der Waals surface area contributed by atoms with Crippen LogP contribution in [0.2, 0.25) is 0 Å². The molecule has 2 saturated carbocycles. The van der Waals surface area contributed by atoms with E-state index < -0.39 is 0 Å². The molecule has 1 atom stereocenters. The van der Waals surface area contributed by atoms with Gasteiger partial charge in [0.15, 0.2) is 0 Å². The van der Waals surface area contributed by atoms with Crippen molar-refractivity contribution in [2.45, 2.75) is 50.6 Å². The molecule has 124 valence electrons. The maximum Gasteiger partial charge on any atom is 0.243 e. The van der Waals surface area contributed by atoms with Gasteiger partial charge in [0, 0.05) is 30.8 Å². The molecule has 2 amide bonds. The van der Waals surface area contributed by atoms with E-state index in [2.05, 4.69) is 17.3 Å². The summed E-state index contributed by atoms with van der Waals surface area (Å²) in [5.41, 5.74) is 0. The lowest BCUT2D eigenvalue weighted by Gasteiger charge is -2.26. The topological polar surface area (TPSA) is 52.7 Å². The monoisotopic (exact) mass is 325 g/mol. The van der Waals surface area contributed by atoms with Crippen LogP contribution in [0, 0.1) is 5.92 Å². The van der Waals surface area contributed by atoms with E-state index in [9.17, 15) is 9.59 Å². The van der Waals surface area contributed by atoms with Gasteiger partial charge < -0.3 is 15.1 Å². The molecule has 3 aliphatic rings. The maximum atomic E-state index is 12.6. The minimum absolute atomic E-state index is 0.0283. The Morgan fingerprint density at radius 1 is 1.23 bits per heavy atom. The molecule has 3 rings (SSSR count). The highest BCUT2D eigenvalue weighted by atomic mass is 32.2. The molecule has 5 nitrogen and oxygen atoms in total. The highest BCUT2D eigenvalue weighted by Crippen LogP contribution is 2.30. The van der Waals surface area contributed by atoms with Gasteiger partial charge in [-0.2, -0.15) is 0 Å². The van der Waals surface area contributed by atoms with E-state index in [-0.39, 0.29) is 23.8 Å². The van der Waals surface area contributed by atoms with Crippen molar-refractivity contribution in [1.29, 1.82) is 0 Å². The Morgan fingerprint density at radius 3 is 2.64 bits per heavy atom. The van der Waals surface area contributed by atoms with Crippen molar-refractivity contribution in [3.8, 4) is 0 Å². The van der Waals surface area contributed by atoms with Crippen molar-refractivity contribution >= 4 is 23.6 Å². The number of rotatable bonds is 6. The lowest BCUT2D eigenvalue weighted by molar-refractivity contribution is -0.141. The van der Waals surface area contributed by atoms with Crippen LogP contribution in [0.5, 0.6) is 0 Å². The van der Waals surface area contributed by atoms with E-state index >= 15 is 0 Å². The highest BCUT2D eigenvalue weighted by Gasteiger charge is 2.38. The number of carbonyl (C=O) groups excluding carboxylic acids is 2. The van der Waals surface area contributed by atoms with Gasteiger partial charge in [0.2, 0.25) is 11.8 Å². The van der Waals surface area contributed by atoms with Crippen molar-refractivity contribution in [1.82, 2.24) is 15.1 Å². The maximum absolute atomic E-state index is 12.6. The fraction of sp³-hybridized carbons (Fsp3) is 0.875. The van der Waals surface area contributed by atoms with Crippen LogP contribution in [-0.2, 0) is 9.59 Å². The molecule has 1 unspecified atom stereocenters. The summed E-state index contributed by atoms with van der Waals surface area (Å²) >= 11 is 1.69. The van der Waals surface area contributed by atoms with E-state index in [0.29, 0.717) is 12.4 Å². The summed E-state index contributed by atoms with van der Waals surface area (Å²) in [7, 11) is 2.12. The van der Waals surface area contributed by atoms with Crippen LogP contribution in [0.15, 0.2) is 0 Å². The molecule has 3 fully saturated rings. The summed E-state index contributed by atoms with van der Waals surface area (Å²) in [4.78, 5) is 29.1. The van der Waals surface area contributed by atoms with E-state index in [1.54, 1.807) is 11.8 Å². The third-order valence-corrected chi connectivity index (χ3v) is 6.12. The van der Waals surface area contributed by atoms with Crippen molar-refractivity contribution in [2.75, 3.05) is 31.8 Å². The number of amides is 2. The van der Waals surface area contributed by atoms with Gasteiger partial charge in [-0.05, 0) is 32.7 Å². The fourth-order valence-electron chi connectivity index (χ4n) is 3.46. The van der Waals surface area contributed by atoms with Crippen molar-refractivity contribution in [3.05, 3.63) is 0 Å². The number of nitrogens with zero attached hydrogens (tertiary/aromatic N) is 2. The minimum atomic E-state index is -0.260. The second kappa shape index (κ2) is 7.21. The van der Waals surface area contributed by atoms with E-state index in [1.807, 2.05) is 4.90 Å². The van der Waals surface area contributed by atoms with E-state index in [0.717, 1.165) is 44.0 Å². The van der Waals surface area contributed by atoms with Crippen LogP contribution < -0.4 is 5.32 Å². The number of hydrogen-bond acceptors (Lipinski definition) is 4. The Kier molecular flexibility index (Phi) is 5.29. The summed E-state index contributed by atoms with van der Waals surface area (Å²) in [5.74, 6) is 1.81. The first-order valence-corrected chi connectivity index (χ1v) is 9.68. The van der Waals surface area contributed by atoms with Crippen LogP contribution >= 0.6 is 11.8 Å². The van der Waals surface area contributed by atoms with Crippen molar-refractivity contribution in [3.63, 3.8) is 0 Å². The average Bonchev–Trinajstić information content (AvgIpc) is 3.04. The Labute approximate surface area is 137 Å². The smallest absolute Gasteiger partial charge is 0.243 e. The zero-order valence-electron chi connectivity index (χ0n) is 13.4. The average molecular weight is 325 g/mol. The fourth-order valence-corrected chi connectivity index (χ4v) is 4.62. The molecule has 0 aromatic heterocycles. The van der Waals surface area contributed by atoms with Crippen LogP contribution in [0.25, 0.3) is 0 Å². The Hall–Kier alpha value is -0.750. The molecule has 6 heteroatoms. The second-order valence-corrected chi connectivity index (χ2v) is 7.81. The largest absolute Gasteiger partial charge is 0.353 e. The molecule has 1 N–H and O–H groups in total. The first-order valence-electron chi connectivity index (χ1n) is 8.53. The van der Waals surface area contributed by atoms with Gasteiger partial charge in [0.1, 0.15) is 6.04 Å². The first kappa shape index (κ1) is 16.1. The van der Waals surface area contributed by atoms with Crippen LogP contribution in [0.3, 0.4) is 0 Å². The molecule has 1 aliphatic heterocycles. The number of thioether (sulfide) groups is 1. The van der Waals surface area contributed by atoms with Gasteiger partial charge in [-0.25, -0.2) is 0 Å². The van der Waals surface area contributed by atoms with Gasteiger partial charge in [-0.3, -0.25) is 9.59 Å². The van der Waals surface area contributed by atoms with E-state index in [1.165, 1.54) is 12.8 Å². The standard InChI is InChI=1S/C16H27N3O2S/c1-18(13-6-7-13)9-8-17-15(20)14-10-22-11-19(14)16(21)12-4-2-3-5-12/h12-14H,2-11H2,1H3,(H,17,20). The predicted octanol–water partition coefficient (Wildman–Crippen LogP) is 1.29. The molecule has 0 spiro atoms. The van der Waals surface area contributed by atoms with Crippen molar-refractivity contribution < 1.29 is 9.59 Å². The zero-order chi connectivity index (χ0) is 15.5. The second-order valence-electron chi connectivity index (χ2n) is 6.81. The van der Waals surface area contributed by atoms with Gasteiger partial charge in [0.25, 0.3) is 0 Å². The minimum Gasteiger partial charge on any atom is -0.353 e. The summed E-state index contributed by atoms with van der Waals surface area (Å²) in [5, 5.41) is 3.03. The number of carbonyl (C=O) groups is 2. The Balaban J connectivity index is 1.46. The van der Waals surface area contributed by atoms with Gasteiger partial charge >= 0.3 is 0 Å². The van der Waals surface area contributed by atoms with Crippen LogP contribution in [0.1, 0.15) is 38.5 Å². The number of hydrogen-bond donors (Lipinski definition) is 1. The lowest BCUT2D eigenvalue weighted by atomic mass is 10.1. The zero-order valence-corrected chi connectivity index (χ0v) is 14.2. The molecule has 1 heterocycles. The van der Waals surface area contributed by atoms with Crippen LogP contribution in [0.4, 0.5) is 0 Å². The summed E-state index contributed by atoms with van der Waals surface area (Å²) in [6, 6.07) is 0.462. The Morgan fingerprint density at radius 2 is 1.95 bits per heavy atom. The lowest BCUT2D eigenvalue weighted by Crippen LogP contribution is -2.49. The third-order valence-electron chi connectivity index (χ3n) is 5.11. The van der Waals surface area contributed by atoms with E-state index in [4.69, 9.17) is 0 Å². The molecule has 0 bridgehead atoms.